The van der Waals surface area contributed by atoms with E-state index in [9.17, 15) is 19.2 Å². The fourth-order valence-electron chi connectivity index (χ4n) is 2.89. The molecule has 0 bridgehead atoms. The van der Waals surface area contributed by atoms with Crippen LogP contribution in [0, 0.1) is 11.8 Å². The first-order valence-corrected chi connectivity index (χ1v) is 9.49. The van der Waals surface area contributed by atoms with E-state index in [1.165, 1.54) is 12.0 Å². The summed E-state index contributed by atoms with van der Waals surface area (Å²) in [5.74, 6) is -1.36. The lowest BCUT2D eigenvalue weighted by molar-refractivity contribution is -0.152. The molecule has 1 aromatic rings. The molecule has 0 saturated carbocycles. The largest absolute Gasteiger partial charge is 0.495 e. The van der Waals surface area contributed by atoms with Crippen LogP contribution in [-0.4, -0.2) is 50.6 Å². The second kappa shape index (κ2) is 10.4. The predicted octanol–water partition coefficient (Wildman–Crippen LogP) is 1.46. The Labute approximate surface area is 169 Å². The van der Waals surface area contributed by atoms with Gasteiger partial charge in [0.25, 0.3) is 5.91 Å². The summed E-state index contributed by atoms with van der Waals surface area (Å²) in [6.45, 7) is 4.03. The summed E-state index contributed by atoms with van der Waals surface area (Å²) in [6.07, 6.45) is 0.767. The average Bonchev–Trinajstić information content (AvgIpc) is 3.07. The van der Waals surface area contributed by atoms with Crippen molar-refractivity contribution in [3.63, 3.8) is 0 Å². The van der Waals surface area contributed by atoms with Crippen LogP contribution in [-0.2, 0) is 19.1 Å². The molecule has 1 aromatic carbocycles. The van der Waals surface area contributed by atoms with Gasteiger partial charge in [0.15, 0.2) is 6.61 Å². The summed E-state index contributed by atoms with van der Waals surface area (Å²) < 4.78 is 10.2. The Morgan fingerprint density at radius 1 is 1.24 bits per heavy atom. The van der Waals surface area contributed by atoms with Crippen molar-refractivity contribution >= 4 is 29.5 Å². The van der Waals surface area contributed by atoms with E-state index in [2.05, 4.69) is 10.6 Å². The molecular formula is C20H27N3O6. The highest BCUT2D eigenvalue weighted by Gasteiger charge is 2.37. The van der Waals surface area contributed by atoms with Crippen molar-refractivity contribution in [1.82, 2.24) is 10.6 Å². The molecular weight excluding hydrogens is 378 g/mol. The fourth-order valence-corrected chi connectivity index (χ4v) is 2.89. The number of benzene rings is 1. The van der Waals surface area contributed by atoms with Gasteiger partial charge in [0.2, 0.25) is 5.91 Å². The third-order valence-electron chi connectivity index (χ3n) is 4.44. The molecule has 29 heavy (non-hydrogen) atoms. The van der Waals surface area contributed by atoms with Crippen molar-refractivity contribution < 1.29 is 28.7 Å². The Bertz CT molecular complexity index is 764. The molecule has 1 aliphatic heterocycles. The Balaban J connectivity index is 1.80. The standard InChI is InChI=1S/C20H27N3O6/c1-13(2)8-9-21-20(27)22-17(24)12-29-19(26)14-10-18(25)23(11-14)15-6-4-5-7-16(15)28-3/h4-7,13-14H,8-12H2,1-3H3,(H2,21,22,24,27)/t14-/m1/s1. The number of amides is 4. The molecule has 9 heteroatoms. The van der Waals surface area contributed by atoms with Gasteiger partial charge in [-0.3, -0.25) is 19.7 Å². The van der Waals surface area contributed by atoms with E-state index in [1.54, 1.807) is 24.3 Å². The molecule has 4 amide bonds. The minimum Gasteiger partial charge on any atom is -0.495 e. The van der Waals surface area contributed by atoms with Gasteiger partial charge >= 0.3 is 12.0 Å². The Kier molecular flexibility index (Phi) is 7.99. The van der Waals surface area contributed by atoms with Crippen molar-refractivity contribution in [3.8, 4) is 5.75 Å². The molecule has 9 nitrogen and oxygen atoms in total. The number of esters is 1. The number of carbonyl (C=O) groups is 4. The van der Waals surface area contributed by atoms with Gasteiger partial charge in [0, 0.05) is 19.5 Å². The van der Waals surface area contributed by atoms with Crippen LogP contribution in [0.5, 0.6) is 5.75 Å². The zero-order valence-electron chi connectivity index (χ0n) is 16.9. The molecule has 0 aromatic heterocycles. The summed E-state index contributed by atoms with van der Waals surface area (Å²) >= 11 is 0. The second-order valence-corrected chi connectivity index (χ2v) is 7.17. The monoisotopic (exact) mass is 405 g/mol. The molecule has 1 heterocycles. The highest BCUT2D eigenvalue weighted by atomic mass is 16.5. The van der Waals surface area contributed by atoms with Crippen molar-refractivity contribution in [2.45, 2.75) is 26.7 Å². The third-order valence-corrected chi connectivity index (χ3v) is 4.44. The first-order chi connectivity index (χ1) is 13.8. The van der Waals surface area contributed by atoms with E-state index >= 15 is 0 Å². The first-order valence-electron chi connectivity index (χ1n) is 9.49. The van der Waals surface area contributed by atoms with Crippen LogP contribution in [0.2, 0.25) is 0 Å². The van der Waals surface area contributed by atoms with Crippen molar-refractivity contribution in [2.75, 3.05) is 31.7 Å². The predicted molar refractivity (Wildman–Crippen MR) is 105 cm³/mol. The van der Waals surface area contributed by atoms with E-state index < -0.39 is 30.4 Å². The van der Waals surface area contributed by atoms with E-state index in [4.69, 9.17) is 9.47 Å². The highest BCUT2D eigenvalue weighted by Crippen LogP contribution is 2.33. The topological polar surface area (TPSA) is 114 Å². The number of hydrogen-bond donors (Lipinski definition) is 2. The minimum absolute atomic E-state index is 0.0197. The third kappa shape index (κ3) is 6.48. The summed E-state index contributed by atoms with van der Waals surface area (Å²) in [5, 5.41) is 4.65. The summed E-state index contributed by atoms with van der Waals surface area (Å²) in [5.41, 5.74) is 0.575. The number of rotatable bonds is 8. The summed E-state index contributed by atoms with van der Waals surface area (Å²) in [4.78, 5) is 49.4. The van der Waals surface area contributed by atoms with E-state index in [1.807, 2.05) is 13.8 Å². The molecule has 0 spiro atoms. The number of para-hydroxylation sites is 2. The van der Waals surface area contributed by atoms with Crippen LogP contribution < -0.4 is 20.3 Å². The van der Waals surface area contributed by atoms with Crippen LogP contribution in [0.4, 0.5) is 10.5 Å². The lowest BCUT2D eigenvalue weighted by Crippen LogP contribution is -2.42. The SMILES string of the molecule is COc1ccccc1N1C[C@H](C(=O)OCC(=O)NC(=O)NCCC(C)C)CC1=O. The molecule has 2 rings (SSSR count). The average molecular weight is 405 g/mol. The van der Waals surface area contributed by atoms with E-state index in [0.717, 1.165) is 6.42 Å². The van der Waals surface area contributed by atoms with E-state index in [0.29, 0.717) is 23.9 Å². The number of anilines is 1. The van der Waals surface area contributed by atoms with Gasteiger partial charge in [-0.1, -0.05) is 26.0 Å². The summed E-state index contributed by atoms with van der Waals surface area (Å²) in [7, 11) is 1.50. The van der Waals surface area contributed by atoms with Crippen LogP contribution >= 0.6 is 0 Å². The summed E-state index contributed by atoms with van der Waals surface area (Å²) in [6, 6.07) is 6.38. The molecule has 2 N–H and O–H groups in total. The zero-order chi connectivity index (χ0) is 21.4. The maximum atomic E-state index is 12.3. The number of nitrogens with one attached hydrogen (secondary N) is 2. The van der Waals surface area contributed by atoms with Gasteiger partial charge in [-0.15, -0.1) is 0 Å². The van der Waals surface area contributed by atoms with Crippen LogP contribution in [0.25, 0.3) is 0 Å². The van der Waals surface area contributed by atoms with Crippen molar-refractivity contribution in [3.05, 3.63) is 24.3 Å². The van der Waals surface area contributed by atoms with Crippen LogP contribution in [0.3, 0.4) is 0 Å². The number of carbonyl (C=O) groups excluding carboxylic acids is 4. The first kappa shape index (κ1) is 22.2. The van der Waals surface area contributed by atoms with Crippen LogP contribution in [0.15, 0.2) is 24.3 Å². The molecule has 1 saturated heterocycles. The van der Waals surface area contributed by atoms with Gasteiger partial charge in [-0.25, -0.2) is 4.79 Å². The fraction of sp³-hybridized carbons (Fsp3) is 0.500. The van der Waals surface area contributed by atoms with Crippen LogP contribution in [0.1, 0.15) is 26.7 Å². The number of nitrogens with zero attached hydrogens (tertiary/aromatic N) is 1. The number of hydrogen-bond acceptors (Lipinski definition) is 6. The van der Waals surface area contributed by atoms with Gasteiger partial charge < -0.3 is 19.7 Å². The molecule has 1 aliphatic rings. The Morgan fingerprint density at radius 3 is 2.66 bits per heavy atom. The van der Waals surface area contributed by atoms with Gasteiger partial charge in [-0.2, -0.15) is 0 Å². The number of urea groups is 1. The normalized spacial score (nSPS) is 15.9. The van der Waals surface area contributed by atoms with Crippen molar-refractivity contribution in [1.29, 1.82) is 0 Å². The molecule has 158 valence electrons. The quantitative estimate of drug-likeness (QED) is 0.633. The maximum absolute atomic E-state index is 12.3. The smallest absolute Gasteiger partial charge is 0.321 e. The van der Waals surface area contributed by atoms with Crippen molar-refractivity contribution in [2.24, 2.45) is 11.8 Å². The Hall–Kier alpha value is -3.10. The van der Waals surface area contributed by atoms with Gasteiger partial charge in [0.05, 0.1) is 18.7 Å². The lowest BCUT2D eigenvalue weighted by atomic mass is 10.1. The molecule has 1 fully saturated rings. The second-order valence-electron chi connectivity index (χ2n) is 7.17. The molecule has 0 radical (unpaired) electrons. The molecule has 0 unspecified atom stereocenters. The number of methoxy groups -OCH3 is 1. The Morgan fingerprint density at radius 2 is 1.97 bits per heavy atom. The number of imide groups is 1. The molecule has 0 aliphatic carbocycles. The minimum atomic E-state index is -0.730. The maximum Gasteiger partial charge on any atom is 0.321 e. The lowest BCUT2D eigenvalue weighted by Gasteiger charge is -2.19. The van der Waals surface area contributed by atoms with Gasteiger partial charge in [0.1, 0.15) is 5.75 Å². The van der Waals surface area contributed by atoms with Gasteiger partial charge in [-0.05, 0) is 24.5 Å². The number of ether oxygens (including phenoxy) is 2. The van der Waals surface area contributed by atoms with E-state index in [-0.39, 0.29) is 18.9 Å². The molecule has 1 atom stereocenters. The zero-order valence-corrected chi connectivity index (χ0v) is 16.9. The highest BCUT2D eigenvalue weighted by molar-refractivity contribution is 6.01.